The van der Waals surface area contributed by atoms with Gasteiger partial charge in [-0.15, -0.1) is 0 Å². The van der Waals surface area contributed by atoms with Gasteiger partial charge in [0, 0.05) is 32.2 Å². The first-order valence-corrected chi connectivity index (χ1v) is 6.23. The SMILES string of the molecule is CCc1nc(N)cc(NCC2CCOCC2)n1. The van der Waals surface area contributed by atoms with Crippen LogP contribution >= 0.6 is 0 Å². The molecule has 0 unspecified atom stereocenters. The van der Waals surface area contributed by atoms with E-state index < -0.39 is 0 Å². The van der Waals surface area contributed by atoms with Crippen molar-refractivity contribution in [3.8, 4) is 0 Å². The van der Waals surface area contributed by atoms with Crippen molar-refractivity contribution >= 4 is 11.6 Å². The molecule has 0 saturated carbocycles. The number of aromatic nitrogens is 2. The van der Waals surface area contributed by atoms with Crippen molar-refractivity contribution in [3.05, 3.63) is 11.9 Å². The highest BCUT2D eigenvalue weighted by molar-refractivity contribution is 5.44. The Balaban J connectivity index is 1.91. The maximum Gasteiger partial charge on any atom is 0.132 e. The van der Waals surface area contributed by atoms with Crippen LogP contribution < -0.4 is 11.1 Å². The molecular weight excluding hydrogens is 216 g/mol. The number of nitrogens with zero attached hydrogens (tertiary/aromatic N) is 2. The first-order valence-electron chi connectivity index (χ1n) is 6.23. The van der Waals surface area contributed by atoms with Gasteiger partial charge in [-0.2, -0.15) is 0 Å². The zero-order chi connectivity index (χ0) is 12.1. The molecule has 1 fully saturated rings. The molecule has 1 aromatic rings. The van der Waals surface area contributed by atoms with Gasteiger partial charge in [-0.3, -0.25) is 0 Å². The Kier molecular flexibility index (Phi) is 4.14. The van der Waals surface area contributed by atoms with Crippen molar-refractivity contribution in [3.63, 3.8) is 0 Å². The summed E-state index contributed by atoms with van der Waals surface area (Å²) in [6.45, 7) is 4.71. The Morgan fingerprint density at radius 1 is 1.41 bits per heavy atom. The average Bonchev–Trinajstić information content (AvgIpc) is 2.37. The van der Waals surface area contributed by atoms with E-state index >= 15 is 0 Å². The van der Waals surface area contributed by atoms with E-state index in [2.05, 4.69) is 15.3 Å². The molecular formula is C12H20N4O. The molecule has 0 aromatic carbocycles. The molecule has 0 spiro atoms. The van der Waals surface area contributed by atoms with Gasteiger partial charge in [-0.25, -0.2) is 9.97 Å². The van der Waals surface area contributed by atoms with E-state index in [1.54, 1.807) is 6.07 Å². The summed E-state index contributed by atoms with van der Waals surface area (Å²) in [7, 11) is 0. The Morgan fingerprint density at radius 2 is 2.18 bits per heavy atom. The van der Waals surface area contributed by atoms with Crippen molar-refractivity contribution in [2.24, 2.45) is 5.92 Å². The maximum absolute atomic E-state index is 5.73. The van der Waals surface area contributed by atoms with E-state index in [9.17, 15) is 0 Å². The third-order valence-electron chi connectivity index (χ3n) is 3.02. The van der Waals surface area contributed by atoms with E-state index in [4.69, 9.17) is 10.5 Å². The second-order valence-corrected chi connectivity index (χ2v) is 4.38. The molecule has 0 atom stereocenters. The molecule has 3 N–H and O–H groups in total. The van der Waals surface area contributed by atoms with Crippen molar-refractivity contribution in [2.45, 2.75) is 26.2 Å². The van der Waals surface area contributed by atoms with Crippen LogP contribution in [0.2, 0.25) is 0 Å². The van der Waals surface area contributed by atoms with E-state index in [1.807, 2.05) is 6.92 Å². The zero-order valence-corrected chi connectivity index (χ0v) is 10.3. The van der Waals surface area contributed by atoms with Crippen LogP contribution in [0.5, 0.6) is 0 Å². The predicted octanol–water partition coefficient (Wildman–Crippen LogP) is 1.46. The van der Waals surface area contributed by atoms with E-state index in [0.717, 1.165) is 50.7 Å². The third-order valence-corrected chi connectivity index (χ3v) is 3.02. The van der Waals surface area contributed by atoms with E-state index in [0.29, 0.717) is 11.7 Å². The molecule has 5 nitrogen and oxygen atoms in total. The lowest BCUT2D eigenvalue weighted by Gasteiger charge is -2.22. The highest BCUT2D eigenvalue weighted by atomic mass is 16.5. The largest absolute Gasteiger partial charge is 0.384 e. The number of hydrogen-bond acceptors (Lipinski definition) is 5. The number of rotatable bonds is 4. The van der Waals surface area contributed by atoms with Crippen LogP contribution in [0.1, 0.15) is 25.6 Å². The quantitative estimate of drug-likeness (QED) is 0.828. The number of aryl methyl sites for hydroxylation is 1. The number of anilines is 2. The number of nitrogens with two attached hydrogens (primary N) is 1. The van der Waals surface area contributed by atoms with Gasteiger partial charge in [0.2, 0.25) is 0 Å². The van der Waals surface area contributed by atoms with Gasteiger partial charge >= 0.3 is 0 Å². The minimum Gasteiger partial charge on any atom is -0.384 e. The summed E-state index contributed by atoms with van der Waals surface area (Å²) in [6, 6.07) is 1.79. The van der Waals surface area contributed by atoms with Crippen molar-refractivity contribution in [1.29, 1.82) is 0 Å². The van der Waals surface area contributed by atoms with E-state index in [-0.39, 0.29) is 0 Å². The van der Waals surface area contributed by atoms with Crippen LogP contribution in [0.3, 0.4) is 0 Å². The maximum atomic E-state index is 5.73. The van der Waals surface area contributed by atoms with Crippen LogP contribution in [0.4, 0.5) is 11.6 Å². The number of nitrogen functional groups attached to an aromatic ring is 1. The molecule has 17 heavy (non-hydrogen) atoms. The first kappa shape index (κ1) is 12.1. The number of nitrogens with one attached hydrogen (secondary N) is 1. The molecule has 1 aliphatic heterocycles. The number of ether oxygens (including phenoxy) is 1. The fourth-order valence-electron chi connectivity index (χ4n) is 1.97. The Morgan fingerprint density at radius 3 is 2.88 bits per heavy atom. The minimum atomic E-state index is 0.534. The smallest absolute Gasteiger partial charge is 0.132 e. The van der Waals surface area contributed by atoms with Gasteiger partial charge in [0.1, 0.15) is 17.5 Å². The highest BCUT2D eigenvalue weighted by Gasteiger charge is 2.13. The van der Waals surface area contributed by atoms with Crippen LogP contribution in [0.15, 0.2) is 6.07 Å². The fraction of sp³-hybridized carbons (Fsp3) is 0.667. The van der Waals surface area contributed by atoms with Crippen LogP contribution in [-0.2, 0) is 11.2 Å². The number of hydrogen-bond donors (Lipinski definition) is 2. The first-order chi connectivity index (χ1) is 8.28. The third kappa shape index (κ3) is 3.56. The monoisotopic (exact) mass is 236 g/mol. The molecule has 1 aromatic heterocycles. The molecule has 0 bridgehead atoms. The lowest BCUT2D eigenvalue weighted by molar-refractivity contribution is 0.0699. The Hall–Kier alpha value is -1.36. The molecule has 1 saturated heterocycles. The Labute approximate surface area is 102 Å². The Bertz CT molecular complexity index is 364. The van der Waals surface area contributed by atoms with Crippen LogP contribution in [0, 0.1) is 5.92 Å². The topological polar surface area (TPSA) is 73.1 Å². The predicted molar refractivity (Wildman–Crippen MR) is 67.9 cm³/mol. The standard InChI is InChI=1S/C12H20N4O/c1-2-11-15-10(13)7-12(16-11)14-8-9-3-5-17-6-4-9/h7,9H,2-6,8H2,1H3,(H3,13,14,15,16). The molecule has 5 heteroatoms. The van der Waals surface area contributed by atoms with Gasteiger partial charge in [-0.1, -0.05) is 6.92 Å². The normalized spacial score (nSPS) is 17.0. The van der Waals surface area contributed by atoms with E-state index in [1.165, 1.54) is 0 Å². The summed E-state index contributed by atoms with van der Waals surface area (Å²) in [5.74, 6) is 2.83. The molecule has 2 rings (SSSR count). The second kappa shape index (κ2) is 5.82. The van der Waals surface area contributed by atoms with Gasteiger partial charge in [-0.05, 0) is 18.8 Å². The van der Waals surface area contributed by atoms with Crippen molar-refractivity contribution < 1.29 is 4.74 Å². The summed E-state index contributed by atoms with van der Waals surface area (Å²) in [5.41, 5.74) is 5.73. The second-order valence-electron chi connectivity index (χ2n) is 4.38. The summed E-state index contributed by atoms with van der Waals surface area (Å²) < 4.78 is 5.33. The average molecular weight is 236 g/mol. The van der Waals surface area contributed by atoms with Crippen molar-refractivity contribution in [2.75, 3.05) is 30.8 Å². The summed E-state index contributed by atoms with van der Waals surface area (Å²) >= 11 is 0. The van der Waals surface area contributed by atoms with Gasteiger partial charge in [0.15, 0.2) is 0 Å². The summed E-state index contributed by atoms with van der Waals surface area (Å²) in [6.07, 6.45) is 3.04. The molecule has 94 valence electrons. The highest BCUT2D eigenvalue weighted by Crippen LogP contribution is 2.16. The molecule has 1 aliphatic rings. The van der Waals surface area contributed by atoms with Gasteiger partial charge in [0.05, 0.1) is 0 Å². The van der Waals surface area contributed by atoms with Crippen molar-refractivity contribution in [1.82, 2.24) is 9.97 Å². The molecule has 0 radical (unpaired) electrons. The minimum absolute atomic E-state index is 0.534. The fourth-order valence-corrected chi connectivity index (χ4v) is 1.97. The lowest BCUT2D eigenvalue weighted by Crippen LogP contribution is -2.23. The molecule has 2 heterocycles. The zero-order valence-electron chi connectivity index (χ0n) is 10.3. The van der Waals surface area contributed by atoms with Gasteiger partial charge < -0.3 is 15.8 Å². The lowest BCUT2D eigenvalue weighted by atomic mass is 10.0. The molecule has 0 aliphatic carbocycles. The summed E-state index contributed by atoms with van der Waals surface area (Å²) in [4.78, 5) is 8.56. The molecule has 0 amide bonds. The summed E-state index contributed by atoms with van der Waals surface area (Å²) in [5, 5.41) is 3.34. The van der Waals surface area contributed by atoms with Crippen LogP contribution in [-0.4, -0.2) is 29.7 Å². The van der Waals surface area contributed by atoms with Gasteiger partial charge in [0.25, 0.3) is 0 Å². The van der Waals surface area contributed by atoms with Crippen LogP contribution in [0.25, 0.3) is 0 Å².